The van der Waals surface area contributed by atoms with E-state index in [0.717, 1.165) is 34.1 Å². The van der Waals surface area contributed by atoms with Crippen molar-refractivity contribution in [1.29, 1.82) is 0 Å². The van der Waals surface area contributed by atoms with Crippen LogP contribution < -0.4 is 15.0 Å². The number of nitrogens with one attached hydrogen (secondary N) is 1. The number of nitrogens with zero attached hydrogens (tertiary/aromatic N) is 3. The Labute approximate surface area is 147 Å². The molecule has 0 bridgehead atoms. The summed E-state index contributed by atoms with van der Waals surface area (Å²) in [6, 6.07) is 13.7. The number of aromatic nitrogens is 2. The lowest BCUT2D eigenvalue weighted by molar-refractivity contribution is 0.373. The fraction of sp³-hybridized carbons (Fsp3) is 0.263. The second-order valence-corrected chi connectivity index (χ2v) is 5.86. The first-order valence-electron chi connectivity index (χ1n) is 8.10. The maximum absolute atomic E-state index is 5.44. The van der Waals surface area contributed by atoms with Gasteiger partial charge in [-0.2, -0.15) is 0 Å². The lowest BCUT2D eigenvalue weighted by Gasteiger charge is -2.15. The highest BCUT2D eigenvalue weighted by molar-refractivity contribution is 5.66. The highest BCUT2D eigenvalue weighted by Gasteiger charge is 2.11. The predicted octanol–water partition coefficient (Wildman–Crippen LogP) is 3.10. The van der Waals surface area contributed by atoms with Crippen LogP contribution in [0.25, 0.3) is 11.3 Å². The summed E-state index contributed by atoms with van der Waals surface area (Å²) >= 11 is 0. The van der Waals surface area contributed by atoms with E-state index in [1.54, 1.807) is 13.3 Å². The fourth-order valence-corrected chi connectivity index (χ4v) is 2.67. The van der Waals surface area contributed by atoms with Gasteiger partial charge in [-0.3, -0.25) is 0 Å². The number of methoxy groups -OCH3 is 1. The first kappa shape index (κ1) is 17.0. The molecule has 2 aromatic heterocycles. The van der Waals surface area contributed by atoms with Gasteiger partial charge in [0.2, 0.25) is 0 Å². The largest absolute Gasteiger partial charge is 0.496 e. The molecule has 0 spiro atoms. The number of hydrogen-bond acceptors (Lipinski definition) is 6. The van der Waals surface area contributed by atoms with Gasteiger partial charge in [0.1, 0.15) is 17.3 Å². The van der Waals surface area contributed by atoms with Crippen LogP contribution in [0.2, 0.25) is 0 Å². The number of para-hydroxylation sites is 1. The van der Waals surface area contributed by atoms with Gasteiger partial charge in [-0.25, -0.2) is 4.98 Å². The molecule has 6 nitrogen and oxygen atoms in total. The van der Waals surface area contributed by atoms with Crippen molar-refractivity contribution in [2.24, 2.45) is 0 Å². The third-order valence-corrected chi connectivity index (χ3v) is 3.85. The second kappa shape index (κ2) is 7.81. The summed E-state index contributed by atoms with van der Waals surface area (Å²) in [5, 5.41) is 7.53. The number of anilines is 1. The van der Waals surface area contributed by atoms with E-state index in [9.17, 15) is 0 Å². The predicted molar refractivity (Wildman–Crippen MR) is 97.6 cm³/mol. The minimum absolute atomic E-state index is 0.587. The van der Waals surface area contributed by atoms with Gasteiger partial charge in [0.05, 0.1) is 13.7 Å². The van der Waals surface area contributed by atoms with Gasteiger partial charge < -0.3 is 19.5 Å². The first-order valence-corrected chi connectivity index (χ1v) is 8.10. The smallest absolute Gasteiger partial charge is 0.151 e. The topological polar surface area (TPSA) is 63.4 Å². The molecule has 3 aromatic rings. The highest BCUT2D eigenvalue weighted by Crippen LogP contribution is 2.29. The van der Waals surface area contributed by atoms with Crippen LogP contribution in [0.1, 0.15) is 11.3 Å². The molecule has 0 atom stereocenters. The molecule has 1 aromatic carbocycles. The van der Waals surface area contributed by atoms with Crippen LogP contribution in [0.4, 0.5) is 5.82 Å². The summed E-state index contributed by atoms with van der Waals surface area (Å²) in [6.07, 6.45) is 1.80. The number of rotatable bonds is 7. The van der Waals surface area contributed by atoms with Gasteiger partial charge in [-0.1, -0.05) is 23.4 Å². The lowest BCUT2D eigenvalue weighted by atomic mass is 10.1. The fourth-order valence-electron chi connectivity index (χ4n) is 2.67. The second-order valence-electron chi connectivity index (χ2n) is 5.86. The van der Waals surface area contributed by atoms with E-state index in [0.29, 0.717) is 13.1 Å². The molecule has 0 radical (unpaired) electrons. The third kappa shape index (κ3) is 3.97. The summed E-state index contributed by atoms with van der Waals surface area (Å²) in [5.41, 5.74) is 2.82. The van der Waals surface area contributed by atoms with Gasteiger partial charge in [0.25, 0.3) is 0 Å². The normalized spacial score (nSPS) is 10.7. The zero-order valence-electron chi connectivity index (χ0n) is 14.7. The van der Waals surface area contributed by atoms with Crippen molar-refractivity contribution in [3.8, 4) is 17.0 Å². The summed E-state index contributed by atoms with van der Waals surface area (Å²) in [5.74, 6) is 2.51. The Kier molecular flexibility index (Phi) is 5.30. The zero-order valence-corrected chi connectivity index (χ0v) is 14.7. The molecule has 6 heteroatoms. The molecule has 2 heterocycles. The number of ether oxygens (including phenoxy) is 1. The Morgan fingerprint density at radius 3 is 2.76 bits per heavy atom. The zero-order chi connectivity index (χ0) is 17.6. The summed E-state index contributed by atoms with van der Waals surface area (Å²) < 4.78 is 10.8. The van der Waals surface area contributed by atoms with Gasteiger partial charge in [-0.05, 0) is 18.2 Å². The molecule has 0 amide bonds. The lowest BCUT2D eigenvalue weighted by Crippen LogP contribution is -2.18. The Morgan fingerprint density at radius 2 is 1.96 bits per heavy atom. The molecule has 0 aliphatic heterocycles. The minimum atomic E-state index is 0.587. The molecule has 0 unspecified atom stereocenters. The molecule has 3 rings (SSSR count). The molecule has 0 fully saturated rings. The average Bonchev–Trinajstić information content (AvgIpc) is 3.10. The van der Waals surface area contributed by atoms with Gasteiger partial charge >= 0.3 is 0 Å². The van der Waals surface area contributed by atoms with E-state index in [1.807, 2.05) is 55.4 Å². The molecule has 1 N–H and O–H groups in total. The average molecular weight is 338 g/mol. The molecule has 25 heavy (non-hydrogen) atoms. The van der Waals surface area contributed by atoms with Gasteiger partial charge in [0.15, 0.2) is 5.76 Å². The molecule has 0 aliphatic carbocycles. The van der Waals surface area contributed by atoms with Crippen LogP contribution in [-0.2, 0) is 13.1 Å². The summed E-state index contributed by atoms with van der Waals surface area (Å²) in [6.45, 7) is 1.29. The van der Waals surface area contributed by atoms with Crippen molar-refractivity contribution >= 4 is 5.82 Å². The Hall–Kier alpha value is -2.86. The van der Waals surface area contributed by atoms with Crippen LogP contribution in [-0.4, -0.2) is 31.3 Å². The maximum Gasteiger partial charge on any atom is 0.151 e. The van der Waals surface area contributed by atoms with Crippen molar-refractivity contribution in [2.45, 2.75) is 13.1 Å². The van der Waals surface area contributed by atoms with Crippen LogP contribution in [0, 0.1) is 0 Å². The van der Waals surface area contributed by atoms with Crippen molar-refractivity contribution in [2.75, 3.05) is 26.1 Å². The van der Waals surface area contributed by atoms with E-state index in [-0.39, 0.29) is 0 Å². The molecule has 0 aliphatic rings. The van der Waals surface area contributed by atoms with Crippen LogP contribution in [0.15, 0.2) is 53.2 Å². The summed E-state index contributed by atoms with van der Waals surface area (Å²) in [4.78, 5) is 6.41. The van der Waals surface area contributed by atoms with E-state index in [4.69, 9.17) is 9.26 Å². The van der Waals surface area contributed by atoms with E-state index >= 15 is 0 Å². The van der Waals surface area contributed by atoms with Crippen molar-refractivity contribution in [3.63, 3.8) is 0 Å². The first-order chi connectivity index (χ1) is 12.2. The Balaban J connectivity index is 1.65. The van der Waals surface area contributed by atoms with Gasteiger partial charge in [0, 0.05) is 44.0 Å². The van der Waals surface area contributed by atoms with Crippen molar-refractivity contribution in [3.05, 3.63) is 60.0 Å². The molecule has 0 saturated carbocycles. The van der Waals surface area contributed by atoms with E-state index < -0.39 is 0 Å². The summed E-state index contributed by atoms with van der Waals surface area (Å²) in [7, 11) is 5.63. The van der Waals surface area contributed by atoms with E-state index in [2.05, 4.69) is 21.5 Å². The van der Waals surface area contributed by atoms with Crippen molar-refractivity contribution in [1.82, 2.24) is 15.5 Å². The van der Waals surface area contributed by atoms with Crippen LogP contribution in [0.5, 0.6) is 5.75 Å². The Morgan fingerprint density at radius 1 is 1.12 bits per heavy atom. The van der Waals surface area contributed by atoms with Crippen molar-refractivity contribution < 1.29 is 9.26 Å². The third-order valence-electron chi connectivity index (χ3n) is 3.85. The Bertz CT molecular complexity index is 830. The minimum Gasteiger partial charge on any atom is -0.496 e. The highest BCUT2D eigenvalue weighted by atomic mass is 16.5. The SMILES string of the molecule is COc1ccccc1-c1cc(CNCc2cccnc2N(C)C)on1. The standard InChI is InChI=1S/C19H22N4O2/c1-23(2)19-14(7-6-10-21-19)12-20-13-15-11-17(22-25-15)16-8-4-5-9-18(16)24-3/h4-11,20H,12-13H2,1-3H3. The molecule has 0 saturated heterocycles. The van der Waals surface area contributed by atoms with Gasteiger partial charge in [-0.15, -0.1) is 0 Å². The number of hydrogen-bond donors (Lipinski definition) is 1. The van der Waals surface area contributed by atoms with Crippen LogP contribution >= 0.6 is 0 Å². The molecular formula is C19H22N4O2. The van der Waals surface area contributed by atoms with Crippen LogP contribution in [0.3, 0.4) is 0 Å². The monoisotopic (exact) mass is 338 g/mol. The number of benzene rings is 1. The quantitative estimate of drug-likeness (QED) is 0.714. The number of pyridine rings is 1. The maximum atomic E-state index is 5.44. The molecular weight excluding hydrogens is 316 g/mol. The van der Waals surface area contributed by atoms with E-state index in [1.165, 1.54) is 0 Å². The molecule has 130 valence electrons.